The van der Waals surface area contributed by atoms with Crippen molar-refractivity contribution >= 4 is 6.09 Å². The highest BCUT2D eigenvalue weighted by molar-refractivity contribution is 5.65. The van der Waals surface area contributed by atoms with Gasteiger partial charge >= 0.3 is 6.09 Å². The average Bonchev–Trinajstić information content (AvgIpc) is 2.15. The first-order chi connectivity index (χ1) is 4.70. The van der Waals surface area contributed by atoms with Crippen LogP contribution in [-0.4, -0.2) is 30.3 Å². The van der Waals surface area contributed by atoms with Gasteiger partial charge in [-0.25, -0.2) is 4.79 Å². The van der Waals surface area contributed by atoms with Gasteiger partial charge in [-0.05, 0) is 12.5 Å². The minimum absolute atomic E-state index is 0.0949. The van der Waals surface area contributed by atoms with Crippen LogP contribution in [0, 0.1) is 5.92 Å². The van der Waals surface area contributed by atoms with Gasteiger partial charge in [0, 0.05) is 12.6 Å². The first-order valence-electron chi connectivity index (χ1n) is 3.40. The van der Waals surface area contributed by atoms with E-state index in [1.54, 1.807) is 0 Å². The van der Waals surface area contributed by atoms with Crippen LogP contribution in [0.1, 0.15) is 6.92 Å². The molecule has 0 radical (unpaired) electrons. The van der Waals surface area contributed by atoms with Crippen molar-refractivity contribution in [3.63, 3.8) is 0 Å². The van der Waals surface area contributed by atoms with Gasteiger partial charge in [0.1, 0.15) is 0 Å². The zero-order valence-electron chi connectivity index (χ0n) is 5.92. The summed E-state index contributed by atoms with van der Waals surface area (Å²) < 4.78 is 0. The van der Waals surface area contributed by atoms with Crippen LogP contribution in [0.25, 0.3) is 0 Å². The molecule has 2 atom stereocenters. The van der Waals surface area contributed by atoms with Crippen molar-refractivity contribution in [1.82, 2.24) is 10.6 Å². The Kier molecular flexibility index (Phi) is 2.11. The molecule has 1 rings (SSSR count). The fraction of sp³-hybridized carbons (Fsp3) is 0.833. The molecular formula is C6H12N2O2. The molecule has 3 N–H and O–H groups in total. The molecule has 0 aliphatic carbocycles. The summed E-state index contributed by atoms with van der Waals surface area (Å²) in [6, 6.07) is 0.0949. The van der Waals surface area contributed by atoms with E-state index in [4.69, 9.17) is 5.11 Å². The van der Waals surface area contributed by atoms with Crippen molar-refractivity contribution in [3.05, 3.63) is 0 Å². The molecule has 1 aliphatic heterocycles. The molecule has 1 aliphatic rings. The zero-order valence-corrected chi connectivity index (χ0v) is 5.92. The Morgan fingerprint density at radius 1 is 1.70 bits per heavy atom. The molecule has 0 aromatic heterocycles. The summed E-state index contributed by atoms with van der Waals surface area (Å²) in [4.78, 5) is 10.2. The maximum Gasteiger partial charge on any atom is 0.404 e. The van der Waals surface area contributed by atoms with Crippen LogP contribution >= 0.6 is 0 Å². The molecule has 1 heterocycles. The fourth-order valence-electron chi connectivity index (χ4n) is 1.16. The van der Waals surface area contributed by atoms with Crippen LogP contribution in [0.4, 0.5) is 4.79 Å². The Morgan fingerprint density at radius 3 is 2.80 bits per heavy atom. The highest BCUT2D eigenvalue weighted by Crippen LogP contribution is 2.06. The van der Waals surface area contributed by atoms with Gasteiger partial charge in [0.2, 0.25) is 0 Å². The number of rotatable bonds is 1. The van der Waals surface area contributed by atoms with Gasteiger partial charge < -0.3 is 15.7 Å². The second kappa shape index (κ2) is 2.88. The summed E-state index contributed by atoms with van der Waals surface area (Å²) >= 11 is 0. The van der Waals surface area contributed by atoms with E-state index in [0.29, 0.717) is 5.92 Å². The molecule has 1 amide bonds. The molecule has 0 aromatic carbocycles. The van der Waals surface area contributed by atoms with Crippen LogP contribution in [0.3, 0.4) is 0 Å². The zero-order chi connectivity index (χ0) is 7.56. The largest absolute Gasteiger partial charge is 0.465 e. The molecular weight excluding hydrogens is 132 g/mol. The predicted octanol–water partition coefficient (Wildman–Crippen LogP) is -0.138. The van der Waals surface area contributed by atoms with E-state index in [9.17, 15) is 4.79 Å². The lowest BCUT2D eigenvalue weighted by Gasteiger charge is -2.12. The second-order valence-electron chi connectivity index (χ2n) is 2.69. The molecule has 0 aromatic rings. The lowest BCUT2D eigenvalue weighted by Crippen LogP contribution is -2.38. The lowest BCUT2D eigenvalue weighted by atomic mass is 10.1. The standard InChI is InChI=1S/C6H12N2O2/c1-4-2-7-3-5(4)8-6(9)10/h4-5,7-8H,2-3H2,1H3,(H,9,10)/t4-,5-/m1/s1. The first-order valence-corrected chi connectivity index (χ1v) is 3.40. The highest BCUT2D eigenvalue weighted by Gasteiger charge is 2.23. The molecule has 4 nitrogen and oxygen atoms in total. The number of nitrogens with one attached hydrogen (secondary N) is 2. The third-order valence-electron chi connectivity index (χ3n) is 1.83. The number of amides is 1. The van der Waals surface area contributed by atoms with Gasteiger partial charge in [0.25, 0.3) is 0 Å². The molecule has 1 saturated heterocycles. The minimum atomic E-state index is -0.930. The predicted molar refractivity (Wildman–Crippen MR) is 37.0 cm³/mol. The van der Waals surface area contributed by atoms with Crippen LogP contribution in [0.5, 0.6) is 0 Å². The number of carbonyl (C=O) groups is 1. The highest BCUT2D eigenvalue weighted by atomic mass is 16.4. The number of hydrogen-bond acceptors (Lipinski definition) is 2. The van der Waals surface area contributed by atoms with E-state index in [0.717, 1.165) is 13.1 Å². The SMILES string of the molecule is C[C@@H]1CNC[C@H]1NC(=O)O. The van der Waals surface area contributed by atoms with Gasteiger partial charge in [-0.3, -0.25) is 0 Å². The Balaban J connectivity index is 2.33. The van der Waals surface area contributed by atoms with Crippen LogP contribution in [-0.2, 0) is 0 Å². The molecule has 1 fully saturated rings. The molecule has 10 heavy (non-hydrogen) atoms. The topological polar surface area (TPSA) is 61.4 Å². The van der Waals surface area contributed by atoms with Crippen molar-refractivity contribution in [2.45, 2.75) is 13.0 Å². The third kappa shape index (κ3) is 1.60. The van der Waals surface area contributed by atoms with Crippen molar-refractivity contribution in [1.29, 1.82) is 0 Å². The minimum Gasteiger partial charge on any atom is -0.465 e. The summed E-state index contributed by atoms with van der Waals surface area (Å²) in [5, 5.41) is 13.9. The summed E-state index contributed by atoms with van der Waals surface area (Å²) in [5.74, 6) is 0.413. The quantitative estimate of drug-likeness (QED) is 0.480. The molecule has 58 valence electrons. The number of hydrogen-bond donors (Lipinski definition) is 3. The van der Waals surface area contributed by atoms with Gasteiger partial charge in [0.05, 0.1) is 0 Å². The Hall–Kier alpha value is -0.770. The Morgan fingerprint density at radius 2 is 2.40 bits per heavy atom. The van der Waals surface area contributed by atoms with Gasteiger partial charge in [-0.1, -0.05) is 6.92 Å². The van der Waals surface area contributed by atoms with E-state index in [-0.39, 0.29) is 6.04 Å². The molecule has 0 bridgehead atoms. The van der Waals surface area contributed by atoms with Crippen LogP contribution < -0.4 is 10.6 Å². The van der Waals surface area contributed by atoms with E-state index in [1.165, 1.54) is 0 Å². The lowest BCUT2D eigenvalue weighted by molar-refractivity contribution is 0.188. The summed E-state index contributed by atoms with van der Waals surface area (Å²) in [6.07, 6.45) is -0.930. The molecule has 0 saturated carbocycles. The average molecular weight is 144 g/mol. The Bertz CT molecular complexity index is 138. The van der Waals surface area contributed by atoms with E-state index < -0.39 is 6.09 Å². The maximum absolute atomic E-state index is 10.2. The van der Waals surface area contributed by atoms with Gasteiger partial charge in [-0.15, -0.1) is 0 Å². The smallest absolute Gasteiger partial charge is 0.404 e. The normalized spacial score (nSPS) is 32.1. The van der Waals surface area contributed by atoms with Crippen LogP contribution in [0.15, 0.2) is 0 Å². The molecule has 4 heteroatoms. The summed E-state index contributed by atoms with van der Waals surface area (Å²) in [5.41, 5.74) is 0. The Labute approximate surface area is 59.6 Å². The second-order valence-corrected chi connectivity index (χ2v) is 2.69. The van der Waals surface area contributed by atoms with Crippen LogP contribution in [0.2, 0.25) is 0 Å². The third-order valence-corrected chi connectivity index (χ3v) is 1.83. The summed E-state index contributed by atoms with van der Waals surface area (Å²) in [6.45, 7) is 3.69. The van der Waals surface area contributed by atoms with Gasteiger partial charge in [-0.2, -0.15) is 0 Å². The summed E-state index contributed by atoms with van der Waals surface area (Å²) in [7, 11) is 0. The van der Waals surface area contributed by atoms with E-state index in [2.05, 4.69) is 10.6 Å². The van der Waals surface area contributed by atoms with Crippen molar-refractivity contribution in [2.75, 3.05) is 13.1 Å². The van der Waals surface area contributed by atoms with E-state index in [1.807, 2.05) is 6.92 Å². The monoisotopic (exact) mass is 144 g/mol. The van der Waals surface area contributed by atoms with Crippen molar-refractivity contribution in [2.24, 2.45) is 5.92 Å². The van der Waals surface area contributed by atoms with Crippen molar-refractivity contribution < 1.29 is 9.90 Å². The fourth-order valence-corrected chi connectivity index (χ4v) is 1.16. The van der Waals surface area contributed by atoms with E-state index >= 15 is 0 Å². The molecule has 0 spiro atoms. The maximum atomic E-state index is 10.2. The number of carboxylic acid groups (broad SMARTS) is 1. The first kappa shape index (κ1) is 7.34. The van der Waals surface area contributed by atoms with Crippen molar-refractivity contribution in [3.8, 4) is 0 Å². The molecule has 0 unspecified atom stereocenters. The van der Waals surface area contributed by atoms with Gasteiger partial charge in [0.15, 0.2) is 0 Å².